The summed E-state index contributed by atoms with van der Waals surface area (Å²) in [7, 11) is -1.82. The van der Waals surface area contributed by atoms with Crippen molar-refractivity contribution in [2.24, 2.45) is 4.99 Å². The van der Waals surface area contributed by atoms with Crippen LogP contribution in [0.1, 0.15) is 40.8 Å². The summed E-state index contributed by atoms with van der Waals surface area (Å²) >= 11 is 6.19. The van der Waals surface area contributed by atoms with Crippen LogP contribution in [-0.2, 0) is 16.0 Å². The van der Waals surface area contributed by atoms with Crippen LogP contribution in [0.3, 0.4) is 0 Å². The number of carbonyl (C=O) groups excluding carboxylic acids is 2. The summed E-state index contributed by atoms with van der Waals surface area (Å²) in [5, 5.41) is 17.3. The average Bonchev–Trinajstić information content (AvgIpc) is 3.39. The highest BCUT2D eigenvalue weighted by Gasteiger charge is 2.30. The first kappa shape index (κ1) is 33.0. The molecule has 4 aromatic carbocycles. The zero-order valence-electron chi connectivity index (χ0n) is 26.7. The summed E-state index contributed by atoms with van der Waals surface area (Å²) in [5.41, 5.74) is 4.04. The molecule has 1 unspecified atom stereocenters. The highest BCUT2D eigenvalue weighted by molar-refractivity contribution is 6.77. The van der Waals surface area contributed by atoms with Crippen molar-refractivity contribution >= 4 is 53.6 Å². The van der Waals surface area contributed by atoms with E-state index in [-0.39, 0.29) is 24.8 Å². The number of amides is 2. The Hall–Kier alpha value is -4.88. The van der Waals surface area contributed by atoms with Crippen LogP contribution in [0.15, 0.2) is 83.9 Å². The maximum atomic E-state index is 13.2. The second kappa shape index (κ2) is 13.7. The van der Waals surface area contributed by atoms with Crippen LogP contribution >= 0.6 is 11.6 Å². The maximum absolute atomic E-state index is 13.2. The van der Waals surface area contributed by atoms with Crippen molar-refractivity contribution in [3.05, 3.63) is 112 Å². The minimum Gasteiger partial charge on any atom is -0.497 e. The molecule has 1 atom stereocenters. The van der Waals surface area contributed by atoms with Gasteiger partial charge in [0.15, 0.2) is 5.82 Å². The second-order valence-electron chi connectivity index (χ2n) is 11.8. The first-order chi connectivity index (χ1) is 23.0. The minimum absolute atomic E-state index is 0.0592. The number of aliphatic imine (C=N–C) groups is 1. The van der Waals surface area contributed by atoms with Gasteiger partial charge in [0.2, 0.25) is 11.8 Å². The predicted octanol–water partition coefficient (Wildman–Crippen LogP) is 3.41. The molecule has 0 fully saturated rings. The molecule has 1 aliphatic heterocycles. The third-order valence-corrected chi connectivity index (χ3v) is 9.92. The summed E-state index contributed by atoms with van der Waals surface area (Å²) in [6.07, 6.45) is 0.508. The molecule has 6 rings (SSSR count). The van der Waals surface area contributed by atoms with Gasteiger partial charge in [-0.2, -0.15) is 0 Å². The fourth-order valence-electron chi connectivity index (χ4n) is 5.76. The Morgan fingerprint density at radius 3 is 2.46 bits per heavy atom. The first-order valence-electron chi connectivity index (χ1n) is 15.5. The number of aryl methyl sites for hydroxylation is 1. The first-order valence-corrected chi connectivity index (χ1v) is 18.2. The summed E-state index contributed by atoms with van der Waals surface area (Å²) in [6, 6.07) is 23.6. The van der Waals surface area contributed by atoms with Gasteiger partial charge in [-0.1, -0.05) is 60.1 Å². The molecular weight excluding hydrogens is 648 g/mol. The number of rotatable bonds is 10. The number of methoxy groups -OCH3 is 1. The van der Waals surface area contributed by atoms with E-state index >= 15 is 0 Å². The standard InChI is InChI=1S/C35H35ClN6O5Si/c1-21-40-41-35-30(39-34(24-6-9-26(36)10-7-24)29-18-27(47-2)11-13-31(29)42(21)35)19-32(43)38-20-33(44)37-15-14-22-4-5-23-8-12-28(48(3,45)46)17-25(23)16-22/h4-13,16-18,30,45-46H,14-15,19-20H2,1-3H3,(H,37,44)(H,38,43). The van der Waals surface area contributed by atoms with Crippen molar-refractivity contribution in [3.63, 3.8) is 0 Å². The number of benzene rings is 4. The van der Waals surface area contributed by atoms with Crippen molar-refractivity contribution in [2.45, 2.75) is 32.4 Å². The van der Waals surface area contributed by atoms with Crippen molar-refractivity contribution < 1.29 is 23.9 Å². The molecule has 0 radical (unpaired) electrons. The van der Waals surface area contributed by atoms with Gasteiger partial charge in [-0.3, -0.25) is 19.1 Å². The molecule has 11 nitrogen and oxygen atoms in total. The molecule has 0 aliphatic carbocycles. The van der Waals surface area contributed by atoms with Crippen LogP contribution in [0.5, 0.6) is 5.75 Å². The molecule has 1 aromatic heterocycles. The van der Waals surface area contributed by atoms with E-state index in [1.807, 2.05) is 66.1 Å². The summed E-state index contributed by atoms with van der Waals surface area (Å²) < 4.78 is 7.42. The second-order valence-corrected chi connectivity index (χ2v) is 14.9. The normalized spacial score (nSPS) is 14.0. The molecule has 5 aromatic rings. The van der Waals surface area contributed by atoms with Gasteiger partial charge in [-0.25, -0.2) is 0 Å². The largest absolute Gasteiger partial charge is 0.497 e. The number of aromatic nitrogens is 3. The lowest BCUT2D eigenvalue weighted by Gasteiger charge is -2.14. The van der Waals surface area contributed by atoms with Crippen molar-refractivity contribution in [2.75, 3.05) is 20.2 Å². The Kier molecular flexibility index (Phi) is 9.42. The Labute approximate surface area is 283 Å². The molecule has 0 saturated carbocycles. The van der Waals surface area contributed by atoms with Crippen LogP contribution in [0.25, 0.3) is 16.5 Å². The molecule has 0 spiro atoms. The van der Waals surface area contributed by atoms with E-state index in [9.17, 15) is 19.2 Å². The number of halogens is 1. The number of fused-ring (bicyclic) bond motifs is 4. The maximum Gasteiger partial charge on any atom is 0.363 e. The molecule has 48 heavy (non-hydrogen) atoms. The lowest BCUT2D eigenvalue weighted by Crippen LogP contribution is -2.44. The van der Waals surface area contributed by atoms with Gasteiger partial charge in [-0.05, 0) is 71.7 Å². The molecule has 2 heterocycles. The predicted molar refractivity (Wildman–Crippen MR) is 186 cm³/mol. The Morgan fingerprint density at radius 1 is 0.938 bits per heavy atom. The van der Waals surface area contributed by atoms with Gasteiger partial charge in [0.05, 0.1) is 31.5 Å². The smallest absolute Gasteiger partial charge is 0.363 e. The highest BCUT2D eigenvalue weighted by Crippen LogP contribution is 2.34. The molecular formula is C35H35ClN6O5Si. The zero-order chi connectivity index (χ0) is 34.0. The molecule has 4 N–H and O–H groups in total. The molecule has 13 heteroatoms. The third-order valence-electron chi connectivity index (χ3n) is 8.26. The number of hydrogen-bond acceptors (Lipinski definition) is 8. The van der Waals surface area contributed by atoms with Crippen LogP contribution in [-0.4, -0.2) is 70.6 Å². The third kappa shape index (κ3) is 7.16. The van der Waals surface area contributed by atoms with Crippen LogP contribution in [0.2, 0.25) is 11.6 Å². The minimum atomic E-state index is -3.41. The fraction of sp³-hybridized carbons (Fsp3) is 0.229. The van der Waals surface area contributed by atoms with Gasteiger partial charge in [0, 0.05) is 22.7 Å². The summed E-state index contributed by atoms with van der Waals surface area (Å²) in [4.78, 5) is 51.1. The fourth-order valence-corrected chi connectivity index (χ4v) is 6.71. The van der Waals surface area contributed by atoms with Gasteiger partial charge < -0.3 is 25.0 Å². The van der Waals surface area contributed by atoms with Crippen molar-refractivity contribution in [1.82, 2.24) is 25.4 Å². The van der Waals surface area contributed by atoms with E-state index in [1.54, 1.807) is 31.4 Å². The van der Waals surface area contributed by atoms with Crippen LogP contribution < -0.4 is 20.6 Å². The van der Waals surface area contributed by atoms with Gasteiger partial charge in [0.25, 0.3) is 0 Å². The van der Waals surface area contributed by atoms with Gasteiger partial charge >= 0.3 is 8.56 Å². The molecule has 0 bridgehead atoms. The van der Waals surface area contributed by atoms with E-state index in [1.165, 1.54) is 6.55 Å². The molecule has 2 amide bonds. The zero-order valence-corrected chi connectivity index (χ0v) is 28.5. The highest BCUT2D eigenvalue weighted by atomic mass is 35.5. The summed E-state index contributed by atoms with van der Waals surface area (Å²) in [6.45, 7) is 3.47. The van der Waals surface area contributed by atoms with Gasteiger partial charge in [-0.15, -0.1) is 10.2 Å². The number of carbonyl (C=O) groups is 2. The van der Waals surface area contributed by atoms with E-state index < -0.39 is 14.6 Å². The number of ether oxygens (including phenoxy) is 1. The number of nitrogens with one attached hydrogen (secondary N) is 2. The van der Waals surface area contributed by atoms with Gasteiger partial charge in [0.1, 0.15) is 17.6 Å². The monoisotopic (exact) mass is 682 g/mol. The van der Waals surface area contributed by atoms with E-state index in [4.69, 9.17) is 21.3 Å². The topological polar surface area (TPSA) is 151 Å². The SMILES string of the molecule is COc1ccc2c(c1)C(c1ccc(Cl)cc1)=NC(CC(=O)NCC(=O)NCCc1ccc3ccc([Si](C)(O)O)cc3c1)c1nnc(C)n1-2. The average molecular weight is 683 g/mol. The Balaban J connectivity index is 1.13. The molecule has 246 valence electrons. The summed E-state index contributed by atoms with van der Waals surface area (Å²) in [5.74, 6) is 1.12. The lowest BCUT2D eigenvalue weighted by atomic mass is 10.00. The lowest BCUT2D eigenvalue weighted by molar-refractivity contribution is -0.126. The van der Waals surface area contributed by atoms with E-state index in [2.05, 4.69) is 20.8 Å². The quantitative estimate of drug-likeness (QED) is 0.165. The van der Waals surface area contributed by atoms with E-state index in [0.29, 0.717) is 46.3 Å². The van der Waals surface area contributed by atoms with Crippen LogP contribution in [0.4, 0.5) is 0 Å². The molecule has 0 saturated heterocycles. The number of hydrogen-bond donors (Lipinski definition) is 4. The molecule has 1 aliphatic rings. The van der Waals surface area contributed by atoms with Crippen molar-refractivity contribution in [3.8, 4) is 11.4 Å². The Bertz CT molecular complexity index is 2040. The van der Waals surface area contributed by atoms with E-state index in [0.717, 1.165) is 33.2 Å². The number of nitrogens with zero attached hydrogens (tertiary/aromatic N) is 4. The Morgan fingerprint density at radius 2 is 1.71 bits per heavy atom. The van der Waals surface area contributed by atoms with Crippen LogP contribution in [0, 0.1) is 6.92 Å². The van der Waals surface area contributed by atoms with Crippen molar-refractivity contribution in [1.29, 1.82) is 0 Å².